The lowest BCUT2D eigenvalue weighted by Crippen LogP contribution is -2.64. The predicted molar refractivity (Wildman–Crippen MR) is 135 cm³/mol. The van der Waals surface area contributed by atoms with Gasteiger partial charge in [0.25, 0.3) is 5.91 Å². The lowest BCUT2D eigenvalue weighted by molar-refractivity contribution is -0.152. The van der Waals surface area contributed by atoms with E-state index in [9.17, 15) is 14.9 Å². The highest BCUT2D eigenvalue weighted by Crippen LogP contribution is 2.34. The Hall–Kier alpha value is -4.72. The fourth-order valence-corrected chi connectivity index (χ4v) is 4.17. The predicted octanol–water partition coefficient (Wildman–Crippen LogP) is 3.14. The van der Waals surface area contributed by atoms with Gasteiger partial charge in [-0.2, -0.15) is 15.1 Å². The Morgan fingerprint density at radius 2 is 1.92 bits per heavy atom. The molecule has 4 aromatic rings. The molecule has 0 bridgehead atoms. The van der Waals surface area contributed by atoms with E-state index in [0.29, 0.717) is 41.2 Å². The number of carbonyl (C=O) groups excluding carboxylic acids is 2. The highest BCUT2D eigenvalue weighted by Gasteiger charge is 2.47. The van der Waals surface area contributed by atoms with Gasteiger partial charge >= 0.3 is 5.97 Å². The quantitative estimate of drug-likeness (QED) is 0.429. The van der Waals surface area contributed by atoms with Crippen LogP contribution in [0.5, 0.6) is 0 Å². The zero-order valence-electron chi connectivity index (χ0n) is 20.8. The second kappa shape index (κ2) is 9.05. The maximum absolute atomic E-state index is 12.8. The van der Waals surface area contributed by atoms with Crippen LogP contribution in [0.3, 0.4) is 0 Å². The van der Waals surface area contributed by atoms with Gasteiger partial charge in [0.2, 0.25) is 0 Å². The van der Waals surface area contributed by atoms with Crippen LogP contribution < -0.4 is 10.2 Å². The van der Waals surface area contributed by atoms with E-state index in [1.54, 1.807) is 67.1 Å². The van der Waals surface area contributed by atoms with E-state index in [0.717, 1.165) is 0 Å². The first-order valence-electron chi connectivity index (χ1n) is 11.8. The number of rotatable bonds is 6. The number of carbonyl (C=O) groups is 2. The van der Waals surface area contributed by atoms with Crippen molar-refractivity contribution in [2.24, 2.45) is 5.41 Å². The molecule has 0 radical (unpaired) electrons. The molecule has 1 saturated heterocycles. The number of nitrogens with one attached hydrogen (secondary N) is 1. The van der Waals surface area contributed by atoms with Gasteiger partial charge < -0.3 is 15.1 Å². The third-order valence-corrected chi connectivity index (χ3v) is 6.26. The third-order valence-electron chi connectivity index (χ3n) is 6.26. The summed E-state index contributed by atoms with van der Waals surface area (Å²) in [7, 11) is 0. The van der Waals surface area contributed by atoms with Gasteiger partial charge in [-0.3, -0.25) is 9.48 Å². The van der Waals surface area contributed by atoms with Crippen LogP contribution in [-0.2, 0) is 10.3 Å². The lowest BCUT2D eigenvalue weighted by atomic mass is 9.86. The molecule has 11 nitrogen and oxygen atoms in total. The second-order valence-electron chi connectivity index (χ2n) is 10.1. The van der Waals surface area contributed by atoms with Crippen LogP contribution in [0.25, 0.3) is 11.0 Å². The molecule has 0 aliphatic carbocycles. The summed E-state index contributed by atoms with van der Waals surface area (Å²) in [5, 5.41) is 17.9. The fourth-order valence-electron chi connectivity index (χ4n) is 4.17. The zero-order valence-corrected chi connectivity index (χ0v) is 20.8. The average molecular weight is 499 g/mol. The lowest BCUT2D eigenvalue weighted by Gasteiger charge is -2.49. The second-order valence-corrected chi connectivity index (χ2v) is 10.1. The minimum absolute atomic E-state index is 0.0697. The van der Waals surface area contributed by atoms with Crippen molar-refractivity contribution in [2.75, 3.05) is 18.4 Å². The zero-order chi connectivity index (χ0) is 26.2. The van der Waals surface area contributed by atoms with Crippen LogP contribution in [0.4, 0.5) is 11.5 Å². The van der Waals surface area contributed by atoms with Crippen LogP contribution in [0.1, 0.15) is 37.6 Å². The van der Waals surface area contributed by atoms with Gasteiger partial charge in [-0.15, -0.1) is 0 Å². The molecule has 0 unspecified atom stereocenters. The van der Waals surface area contributed by atoms with Crippen LogP contribution >= 0.6 is 0 Å². The Bertz CT molecular complexity index is 1500. The average Bonchev–Trinajstić information content (AvgIpc) is 3.49. The molecule has 11 heteroatoms. The van der Waals surface area contributed by atoms with E-state index in [-0.39, 0.29) is 18.3 Å². The molecule has 188 valence electrons. The summed E-state index contributed by atoms with van der Waals surface area (Å²) in [6.07, 6.45) is 6.66. The summed E-state index contributed by atoms with van der Waals surface area (Å²) in [6, 6.07) is 13.1. The largest absolute Gasteiger partial charge is 0.338 e. The maximum Gasteiger partial charge on any atom is 0.338 e. The molecule has 0 saturated carbocycles. The molecule has 3 aromatic heterocycles. The van der Waals surface area contributed by atoms with Crippen molar-refractivity contribution in [1.82, 2.24) is 29.4 Å². The first kappa shape index (κ1) is 24.0. The number of aromatic nitrogens is 5. The van der Waals surface area contributed by atoms with Crippen molar-refractivity contribution in [3.05, 3.63) is 66.9 Å². The normalized spacial score (nSPS) is 14.6. The number of nitrogens with zero attached hydrogens (tertiary/aromatic N) is 7. The van der Waals surface area contributed by atoms with Crippen molar-refractivity contribution in [3.8, 4) is 6.07 Å². The number of fused-ring (bicyclic) bond motifs is 1. The Kier molecular flexibility index (Phi) is 5.87. The van der Waals surface area contributed by atoms with Crippen LogP contribution in [0, 0.1) is 16.7 Å². The molecular weight excluding hydrogens is 472 g/mol. The first-order valence-corrected chi connectivity index (χ1v) is 11.8. The van der Waals surface area contributed by atoms with E-state index < -0.39 is 11.0 Å². The molecule has 4 heterocycles. The number of nitriles is 1. The minimum atomic E-state index is -0.665. The monoisotopic (exact) mass is 498 g/mol. The summed E-state index contributed by atoms with van der Waals surface area (Å²) < 4.78 is 3.07. The van der Waals surface area contributed by atoms with E-state index in [1.807, 2.05) is 18.2 Å². The van der Waals surface area contributed by atoms with E-state index in [1.165, 1.54) is 11.1 Å². The molecule has 1 amide bonds. The van der Waals surface area contributed by atoms with Gasteiger partial charge in [-0.05, 0) is 39.0 Å². The van der Waals surface area contributed by atoms with E-state index in [4.69, 9.17) is 4.84 Å². The molecule has 37 heavy (non-hydrogen) atoms. The maximum atomic E-state index is 12.8. The Morgan fingerprint density at radius 3 is 2.62 bits per heavy atom. The van der Waals surface area contributed by atoms with Crippen LogP contribution in [0.15, 0.2) is 61.3 Å². The van der Waals surface area contributed by atoms with E-state index in [2.05, 4.69) is 26.5 Å². The van der Waals surface area contributed by atoms with Crippen LogP contribution in [-0.4, -0.2) is 54.3 Å². The van der Waals surface area contributed by atoms with Gasteiger partial charge in [0.15, 0.2) is 5.65 Å². The van der Waals surface area contributed by atoms with Gasteiger partial charge in [0.05, 0.1) is 35.2 Å². The molecule has 5 rings (SSSR count). The Labute approximate surface area is 213 Å². The van der Waals surface area contributed by atoms with Gasteiger partial charge in [-0.25, -0.2) is 14.8 Å². The van der Waals surface area contributed by atoms with Crippen molar-refractivity contribution >= 4 is 34.4 Å². The minimum Gasteiger partial charge on any atom is -0.337 e. The standard InChI is InChI=1S/C26H26N8O3/c1-25(2,3)24(36)37-33-12-9-20-21(28-17-29-22(20)33)31-19-13-30-34(14-19)26(10-11-27)15-32(16-26)23(35)18-7-5-4-6-8-18/h4-9,12-14,17H,10,15-16H2,1-3H3,(H,28,29,31). The molecule has 1 aromatic carbocycles. The Morgan fingerprint density at radius 1 is 1.16 bits per heavy atom. The van der Waals surface area contributed by atoms with E-state index >= 15 is 0 Å². The molecule has 1 aliphatic rings. The number of anilines is 2. The first-order chi connectivity index (χ1) is 17.7. The van der Waals surface area contributed by atoms with Crippen molar-refractivity contribution in [1.29, 1.82) is 5.26 Å². The molecular formula is C26H26N8O3. The summed E-state index contributed by atoms with van der Waals surface area (Å²) in [6.45, 7) is 6.10. The van der Waals surface area contributed by atoms with Gasteiger partial charge in [-0.1, -0.05) is 18.2 Å². The van der Waals surface area contributed by atoms with Crippen molar-refractivity contribution < 1.29 is 14.4 Å². The molecule has 1 N–H and O–H groups in total. The SMILES string of the molecule is CC(C)(C)C(=O)On1ccc2c(Nc3cnn(C4(CC#N)CN(C(=O)c5ccccc5)C4)c3)ncnc21. The fraction of sp³-hybridized carbons (Fsp3) is 0.308. The highest BCUT2D eigenvalue weighted by molar-refractivity contribution is 5.95. The topological polar surface area (TPSA) is 131 Å². The highest BCUT2D eigenvalue weighted by atomic mass is 16.7. The molecule has 0 spiro atoms. The molecule has 1 fully saturated rings. The van der Waals surface area contributed by atoms with Crippen LogP contribution in [0.2, 0.25) is 0 Å². The summed E-state index contributed by atoms with van der Waals surface area (Å²) in [4.78, 5) is 40.9. The summed E-state index contributed by atoms with van der Waals surface area (Å²) in [5.74, 6) is 0.0566. The number of benzene rings is 1. The van der Waals surface area contributed by atoms with Crippen molar-refractivity contribution in [3.63, 3.8) is 0 Å². The van der Waals surface area contributed by atoms with Gasteiger partial charge in [0.1, 0.15) is 17.7 Å². The number of hydrogen-bond acceptors (Lipinski definition) is 8. The summed E-state index contributed by atoms with van der Waals surface area (Å²) >= 11 is 0. The number of likely N-dealkylation sites (tertiary alicyclic amines) is 1. The third kappa shape index (κ3) is 4.49. The summed E-state index contributed by atoms with van der Waals surface area (Å²) in [5.41, 5.74) is 0.442. The number of amides is 1. The van der Waals surface area contributed by atoms with Crippen molar-refractivity contribution in [2.45, 2.75) is 32.7 Å². The number of hydrogen-bond donors (Lipinski definition) is 1. The van der Waals surface area contributed by atoms with Gasteiger partial charge in [0, 0.05) is 31.0 Å². The molecule has 1 aliphatic heterocycles. The molecule has 0 atom stereocenters. The Balaban J connectivity index is 1.34. The smallest absolute Gasteiger partial charge is 0.337 e.